The van der Waals surface area contributed by atoms with Crippen molar-refractivity contribution in [3.8, 4) is 5.75 Å². The molecule has 0 spiro atoms. The number of hydrogen-bond donors (Lipinski definition) is 0. The lowest BCUT2D eigenvalue weighted by molar-refractivity contribution is -0.385. The van der Waals surface area contributed by atoms with Gasteiger partial charge in [-0.05, 0) is 53.7 Å². The molecule has 2 aliphatic rings. The van der Waals surface area contributed by atoms with Crippen molar-refractivity contribution in [1.82, 2.24) is 4.57 Å². The quantitative estimate of drug-likeness (QED) is 0.179. The van der Waals surface area contributed by atoms with Gasteiger partial charge >= 0.3 is 5.69 Å². The van der Waals surface area contributed by atoms with Gasteiger partial charge in [-0.3, -0.25) is 19.5 Å². The molecule has 4 aromatic rings. The van der Waals surface area contributed by atoms with E-state index >= 15 is 0 Å². The predicted molar refractivity (Wildman–Crippen MR) is 153 cm³/mol. The number of nitro groups is 1. The fraction of sp³-hybridized carbons (Fsp3) is 0.226. The molecule has 196 valence electrons. The zero-order valence-electron chi connectivity index (χ0n) is 21.5. The summed E-state index contributed by atoms with van der Waals surface area (Å²) in [5.74, 6) is 0.238. The summed E-state index contributed by atoms with van der Waals surface area (Å²) in [7, 11) is 0. The first-order valence-electron chi connectivity index (χ1n) is 13.1. The highest BCUT2D eigenvalue weighted by Gasteiger charge is 2.32. The highest BCUT2D eigenvalue weighted by molar-refractivity contribution is 7.07. The zero-order chi connectivity index (χ0) is 26.9. The Balaban J connectivity index is 1.50. The first-order valence-corrected chi connectivity index (χ1v) is 14.0. The summed E-state index contributed by atoms with van der Waals surface area (Å²) < 4.78 is 7.91. The molecule has 0 fully saturated rings. The van der Waals surface area contributed by atoms with Gasteiger partial charge in [0.25, 0.3) is 5.56 Å². The number of rotatable bonds is 7. The fourth-order valence-corrected chi connectivity index (χ4v) is 6.33. The number of nitro benzene ring substituents is 1. The third kappa shape index (κ3) is 4.61. The Hall–Kier alpha value is -4.30. The van der Waals surface area contributed by atoms with Crippen LogP contribution in [0.25, 0.3) is 11.8 Å². The second-order valence-electron chi connectivity index (χ2n) is 9.71. The standard InChI is InChI=1S/C31H27N3O4S/c1-2-3-17-38-26-16-13-20(18-25(26)34(36)37)19-27-30(35)33-29(22-10-5-4-6-11-22)24-15-14-21-9-7-8-12-23(21)28(24)32-31(33)39-27/h4-13,16,18-19,29H,2-3,14-15,17H2,1H3. The van der Waals surface area contributed by atoms with Gasteiger partial charge in [0.15, 0.2) is 10.6 Å². The Labute approximate surface area is 229 Å². The largest absolute Gasteiger partial charge is 0.487 e. The Bertz CT molecular complexity index is 1790. The van der Waals surface area contributed by atoms with Crippen LogP contribution in [-0.2, 0) is 6.42 Å². The van der Waals surface area contributed by atoms with E-state index in [2.05, 4.69) is 30.3 Å². The minimum atomic E-state index is -0.443. The molecule has 1 aromatic heterocycles. The highest BCUT2D eigenvalue weighted by Crippen LogP contribution is 2.41. The maximum atomic E-state index is 13.9. The second-order valence-corrected chi connectivity index (χ2v) is 10.7. The number of fused-ring (bicyclic) bond motifs is 3. The maximum Gasteiger partial charge on any atom is 0.311 e. The molecule has 0 amide bonds. The molecule has 3 aromatic carbocycles. The predicted octanol–water partition coefficient (Wildman–Crippen LogP) is 5.41. The lowest BCUT2D eigenvalue weighted by Crippen LogP contribution is -2.38. The van der Waals surface area contributed by atoms with Gasteiger partial charge in [-0.25, -0.2) is 4.99 Å². The fourth-order valence-electron chi connectivity index (χ4n) is 5.32. The van der Waals surface area contributed by atoms with Crippen molar-refractivity contribution >= 4 is 28.8 Å². The Morgan fingerprint density at radius 3 is 2.69 bits per heavy atom. The van der Waals surface area contributed by atoms with Gasteiger partial charge in [-0.2, -0.15) is 0 Å². The van der Waals surface area contributed by atoms with Gasteiger partial charge < -0.3 is 4.74 Å². The summed E-state index contributed by atoms with van der Waals surface area (Å²) in [4.78, 5) is 30.8. The summed E-state index contributed by atoms with van der Waals surface area (Å²) >= 11 is 1.31. The summed E-state index contributed by atoms with van der Waals surface area (Å²) in [6, 6.07) is 23.0. The minimum Gasteiger partial charge on any atom is -0.487 e. The molecule has 39 heavy (non-hydrogen) atoms. The minimum absolute atomic E-state index is 0.109. The van der Waals surface area contributed by atoms with E-state index in [0.717, 1.165) is 48.1 Å². The van der Waals surface area contributed by atoms with Crippen LogP contribution in [0.3, 0.4) is 0 Å². The van der Waals surface area contributed by atoms with Crippen molar-refractivity contribution in [2.75, 3.05) is 6.61 Å². The molecule has 0 radical (unpaired) electrons. The molecule has 0 N–H and O–H groups in total. The van der Waals surface area contributed by atoms with E-state index in [1.807, 2.05) is 31.2 Å². The van der Waals surface area contributed by atoms with E-state index in [9.17, 15) is 14.9 Å². The molecule has 1 unspecified atom stereocenters. The molecule has 7 nitrogen and oxygen atoms in total. The van der Waals surface area contributed by atoms with E-state index in [4.69, 9.17) is 9.73 Å². The van der Waals surface area contributed by atoms with Crippen molar-refractivity contribution in [3.63, 3.8) is 0 Å². The van der Waals surface area contributed by atoms with E-state index in [1.54, 1.807) is 22.8 Å². The van der Waals surface area contributed by atoms with Crippen LogP contribution in [0.1, 0.15) is 54.5 Å². The van der Waals surface area contributed by atoms with Gasteiger partial charge in [0.05, 0.1) is 27.8 Å². The summed E-state index contributed by atoms with van der Waals surface area (Å²) in [5, 5.41) is 11.8. The van der Waals surface area contributed by atoms with E-state index in [0.29, 0.717) is 21.5 Å². The lowest BCUT2D eigenvalue weighted by Gasteiger charge is -2.30. The monoisotopic (exact) mass is 537 g/mol. The molecule has 1 aliphatic carbocycles. The average molecular weight is 538 g/mol. The van der Waals surface area contributed by atoms with Crippen molar-refractivity contribution in [2.45, 2.75) is 38.6 Å². The SMILES string of the molecule is CCCCOc1ccc(C=c2sc3n(c2=O)C(c2ccccc2)C2=C(N=3)c3ccccc3CC2)cc1[N+](=O)[O-]. The first-order chi connectivity index (χ1) is 19.0. The van der Waals surface area contributed by atoms with Crippen LogP contribution in [0.15, 0.2) is 88.2 Å². The van der Waals surface area contributed by atoms with Crippen LogP contribution in [0.4, 0.5) is 5.69 Å². The van der Waals surface area contributed by atoms with Crippen LogP contribution in [0, 0.1) is 10.1 Å². The normalized spacial score (nSPS) is 16.2. The van der Waals surface area contributed by atoms with Gasteiger partial charge in [-0.15, -0.1) is 0 Å². The van der Waals surface area contributed by atoms with Crippen LogP contribution in [0.5, 0.6) is 5.75 Å². The number of nitrogens with zero attached hydrogens (tertiary/aromatic N) is 3. The van der Waals surface area contributed by atoms with Crippen molar-refractivity contribution in [1.29, 1.82) is 0 Å². The van der Waals surface area contributed by atoms with E-state index in [1.165, 1.54) is 23.0 Å². The van der Waals surface area contributed by atoms with Crippen LogP contribution in [0.2, 0.25) is 0 Å². The smallest absolute Gasteiger partial charge is 0.311 e. The van der Waals surface area contributed by atoms with Gasteiger partial charge in [0, 0.05) is 11.6 Å². The number of allylic oxidation sites excluding steroid dienone is 1. The molecular formula is C31H27N3O4S. The Morgan fingerprint density at radius 1 is 1.10 bits per heavy atom. The number of ether oxygens (including phenoxy) is 1. The number of hydrogen-bond acceptors (Lipinski definition) is 6. The molecule has 1 atom stereocenters. The Kier molecular flexibility index (Phi) is 6.70. The number of unbranched alkanes of at least 4 members (excludes halogenated alkanes) is 1. The second kappa shape index (κ2) is 10.5. The van der Waals surface area contributed by atoms with Gasteiger partial charge in [0.2, 0.25) is 0 Å². The van der Waals surface area contributed by atoms with Gasteiger partial charge in [0.1, 0.15) is 0 Å². The topological polar surface area (TPSA) is 86.7 Å². The summed E-state index contributed by atoms with van der Waals surface area (Å²) in [6.07, 6.45) is 5.19. The molecule has 1 aliphatic heterocycles. The van der Waals surface area contributed by atoms with Crippen LogP contribution in [-0.4, -0.2) is 16.1 Å². The molecule has 0 saturated carbocycles. The van der Waals surface area contributed by atoms with Crippen LogP contribution >= 0.6 is 11.3 Å². The molecule has 2 heterocycles. The van der Waals surface area contributed by atoms with E-state index < -0.39 is 4.92 Å². The number of aryl methyl sites for hydroxylation is 1. The van der Waals surface area contributed by atoms with Crippen molar-refractivity contribution in [2.24, 2.45) is 4.99 Å². The molecule has 0 bridgehead atoms. The highest BCUT2D eigenvalue weighted by atomic mass is 32.1. The van der Waals surface area contributed by atoms with E-state index in [-0.39, 0.29) is 23.0 Å². The third-order valence-corrected chi connectivity index (χ3v) is 8.20. The lowest BCUT2D eigenvalue weighted by atomic mass is 9.83. The van der Waals surface area contributed by atoms with Crippen molar-refractivity contribution < 1.29 is 9.66 Å². The molecular weight excluding hydrogens is 510 g/mol. The third-order valence-electron chi connectivity index (χ3n) is 7.22. The molecule has 8 heteroatoms. The van der Waals surface area contributed by atoms with Crippen LogP contribution < -0.4 is 19.6 Å². The number of thiazole rings is 1. The molecule has 0 saturated heterocycles. The summed E-state index contributed by atoms with van der Waals surface area (Å²) in [6.45, 7) is 2.46. The number of aromatic nitrogens is 1. The number of benzene rings is 3. The maximum absolute atomic E-state index is 13.9. The summed E-state index contributed by atoms with van der Waals surface area (Å²) in [5.41, 5.74) is 5.82. The van der Waals surface area contributed by atoms with Gasteiger partial charge in [-0.1, -0.05) is 85.3 Å². The van der Waals surface area contributed by atoms with Crippen molar-refractivity contribution in [3.05, 3.63) is 130 Å². The first kappa shape index (κ1) is 25.0. The zero-order valence-corrected chi connectivity index (χ0v) is 22.3. The Morgan fingerprint density at radius 2 is 1.90 bits per heavy atom. The average Bonchev–Trinajstić information content (AvgIpc) is 3.27. The molecule has 6 rings (SSSR count).